The Bertz CT molecular complexity index is 387. The van der Waals surface area contributed by atoms with Gasteiger partial charge in [-0.3, -0.25) is 4.72 Å². The van der Waals surface area contributed by atoms with Crippen LogP contribution in [-0.4, -0.2) is 20.9 Å². The number of hydrogen-bond acceptors (Lipinski definition) is 3. The second-order valence-corrected chi connectivity index (χ2v) is 5.17. The molecule has 3 nitrogen and oxygen atoms in total. The first-order valence-corrected chi connectivity index (χ1v) is 6.75. The van der Waals surface area contributed by atoms with Crippen molar-refractivity contribution in [1.82, 2.24) is 0 Å². The van der Waals surface area contributed by atoms with Gasteiger partial charge in [0.2, 0.25) is 10.0 Å². The summed E-state index contributed by atoms with van der Waals surface area (Å²) in [5.41, 5.74) is 0.637. The van der Waals surface area contributed by atoms with Gasteiger partial charge in [-0.2, -0.15) is 0 Å². The van der Waals surface area contributed by atoms with Crippen molar-refractivity contribution in [3.05, 3.63) is 24.3 Å². The third-order valence-electron chi connectivity index (χ3n) is 1.40. The smallest absolute Gasteiger partial charge is 0.229 e. The number of hydrogen-bond donors (Lipinski definition) is 1. The van der Waals surface area contributed by atoms with Crippen LogP contribution in [0.4, 0.5) is 5.69 Å². The summed E-state index contributed by atoms with van der Waals surface area (Å²) in [4.78, 5) is 0.924. The Hall–Kier alpha value is -0.680. The van der Waals surface area contributed by atoms with E-state index in [9.17, 15) is 8.42 Å². The van der Waals surface area contributed by atoms with Crippen molar-refractivity contribution in [3.63, 3.8) is 0 Å². The van der Waals surface area contributed by atoms with E-state index in [0.717, 1.165) is 11.2 Å². The normalized spacial score (nSPS) is 11.2. The molecule has 0 bridgehead atoms. The molecule has 0 fully saturated rings. The van der Waals surface area contributed by atoms with E-state index in [4.69, 9.17) is 0 Å². The molecule has 0 radical (unpaired) electrons. The summed E-state index contributed by atoms with van der Waals surface area (Å²) in [6.45, 7) is 0. The Morgan fingerprint density at radius 2 is 1.92 bits per heavy atom. The first-order chi connectivity index (χ1) is 6.03. The Morgan fingerprint density at radius 3 is 2.46 bits per heavy atom. The van der Waals surface area contributed by atoms with Crippen molar-refractivity contribution in [2.75, 3.05) is 17.2 Å². The predicted octanol–water partition coefficient (Wildman–Crippen LogP) is 1.78. The van der Waals surface area contributed by atoms with Crippen LogP contribution in [0.5, 0.6) is 0 Å². The van der Waals surface area contributed by atoms with Crippen molar-refractivity contribution in [2.45, 2.75) is 4.90 Å². The Morgan fingerprint density at radius 1 is 1.31 bits per heavy atom. The van der Waals surface area contributed by atoms with E-state index in [1.54, 1.807) is 12.1 Å². The Kier molecular flexibility index (Phi) is 3.22. The zero-order chi connectivity index (χ0) is 9.90. The van der Waals surface area contributed by atoms with Gasteiger partial charge in [0.15, 0.2) is 0 Å². The van der Waals surface area contributed by atoms with E-state index in [1.807, 2.05) is 18.4 Å². The second-order valence-electron chi connectivity index (χ2n) is 2.57. The zero-order valence-corrected chi connectivity index (χ0v) is 9.08. The van der Waals surface area contributed by atoms with Gasteiger partial charge in [0, 0.05) is 4.90 Å². The zero-order valence-electron chi connectivity index (χ0n) is 7.44. The molecule has 5 heteroatoms. The molecule has 0 aromatic heterocycles. The number of para-hydroxylation sites is 1. The fraction of sp³-hybridized carbons (Fsp3) is 0.250. The first-order valence-electron chi connectivity index (χ1n) is 3.64. The lowest BCUT2D eigenvalue weighted by Gasteiger charge is -2.07. The van der Waals surface area contributed by atoms with Gasteiger partial charge in [-0.1, -0.05) is 12.1 Å². The summed E-state index contributed by atoms with van der Waals surface area (Å²) in [7, 11) is -3.17. The molecule has 0 heterocycles. The van der Waals surface area contributed by atoms with E-state index in [0.29, 0.717) is 5.69 Å². The Balaban J connectivity index is 3.01. The third-order valence-corrected chi connectivity index (χ3v) is 2.79. The summed E-state index contributed by atoms with van der Waals surface area (Å²) in [5.74, 6) is 0. The van der Waals surface area contributed by atoms with Crippen LogP contribution in [0, 0.1) is 0 Å². The molecule has 72 valence electrons. The summed E-state index contributed by atoms with van der Waals surface area (Å²) in [6.07, 6.45) is 3.05. The fourth-order valence-corrected chi connectivity index (χ4v) is 2.12. The highest BCUT2D eigenvalue weighted by molar-refractivity contribution is 7.99. The molecule has 0 aliphatic heterocycles. The van der Waals surface area contributed by atoms with Crippen molar-refractivity contribution < 1.29 is 8.42 Å². The van der Waals surface area contributed by atoms with Crippen LogP contribution >= 0.6 is 11.8 Å². The number of rotatable bonds is 3. The second kappa shape index (κ2) is 4.02. The molecule has 13 heavy (non-hydrogen) atoms. The number of thioether (sulfide) groups is 1. The van der Waals surface area contributed by atoms with Crippen LogP contribution < -0.4 is 4.72 Å². The quantitative estimate of drug-likeness (QED) is 0.785. The molecule has 1 rings (SSSR count). The minimum Gasteiger partial charge on any atom is -0.283 e. The van der Waals surface area contributed by atoms with Crippen molar-refractivity contribution >= 4 is 27.5 Å². The average Bonchev–Trinajstić information content (AvgIpc) is 2.02. The van der Waals surface area contributed by atoms with Gasteiger partial charge in [-0.05, 0) is 18.4 Å². The van der Waals surface area contributed by atoms with Crippen LogP contribution in [0.25, 0.3) is 0 Å². The maximum Gasteiger partial charge on any atom is 0.229 e. The molecular formula is C8H11NO2S2. The van der Waals surface area contributed by atoms with Crippen molar-refractivity contribution in [3.8, 4) is 0 Å². The molecule has 0 spiro atoms. The van der Waals surface area contributed by atoms with E-state index in [1.165, 1.54) is 11.8 Å². The first kappa shape index (κ1) is 10.4. The van der Waals surface area contributed by atoms with Gasteiger partial charge in [0.05, 0.1) is 11.9 Å². The molecule has 1 aromatic carbocycles. The molecule has 1 aromatic rings. The molecule has 0 atom stereocenters. The summed E-state index contributed by atoms with van der Waals surface area (Å²) < 4.78 is 24.3. The third kappa shape index (κ3) is 3.28. The van der Waals surface area contributed by atoms with Crippen molar-refractivity contribution in [1.29, 1.82) is 0 Å². The molecule has 0 saturated heterocycles. The molecule has 0 unspecified atom stereocenters. The van der Waals surface area contributed by atoms with Crippen LogP contribution in [0.2, 0.25) is 0 Å². The summed E-state index contributed by atoms with van der Waals surface area (Å²) >= 11 is 1.51. The number of anilines is 1. The topological polar surface area (TPSA) is 46.2 Å². The maximum atomic E-state index is 10.9. The molecule has 0 aliphatic carbocycles. The molecule has 1 N–H and O–H groups in total. The largest absolute Gasteiger partial charge is 0.283 e. The molecular weight excluding hydrogens is 206 g/mol. The van der Waals surface area contributed by atoms with Gasteiger partial charge < -0.3 is 0 Å². The molecule has 0 saturated carbocycles. The van der Waals surface area contributed by atoms with Crippen LogP contribution in [-0.2, 0) is 10.0 Å². The SMILES string of the molecule is CSc1ccccc1NS(C)(=O)=O. The van der Waals surface area contributed by atoms with E-state index < -0.39 is 10.0 Å². The van der Waals surface area contributed by atoms with E-state index in [-0.39, 0.29) is 0 Å². The monoisotopic (exact) mass is 217 g/mol. The highest BCUT2D eigenvalue weighted by Crippen LogP contribution is 2.24. The molecule has 0 amide bonds. The maximum absolute atomic E-state index is 10.9. The summed E-state index contributed by atoms with van der Waals surface area (Å²) in [6, 6.07) is 7.29. The van der Waals surface area contributed by atoms with Gasteiger partial charge in [0.25, 0.3) is 0 Å². The number of benzene rings is 1. The van der Waals surface area contributed by atoms with Gasteiger partial charge in [-0.25, -0.2) is 8.42 Å². The van der Waals surface area contributed by atoms with Crippen LogP contribution in [0.15, 0.2) is 29.2 Å². The lowest BCUT2D eigenvalue weighted by Crippen LogP contribution is -2.10. The molecule has 0 aliphatic rings. The average molecular weight is 217 g/mol. The Labute approximate surface area is 82.6 Å². The highest BCUT2D eigenvalue weighted by atomic mass is 32.2. The van der Waals surface area contributed by atoms with E-state index >= 15 is 0 Å². The minimum atomic E-state index is -3.17. The number of sulfonamides is 1. The predicted molar refractivity (Wildman–Crippen MR) is 56.7 cm³/mol. The van der Waals surface area contributed by atoms with Gasteiger partial charge >= 0.3 is 0 Å². The lowest BCUT2D eigenvalue weighted by molar-refractivity contribution is 0.606. The lowest BCUT2D eigenvalue weighted by atomic mass is 10.3. The highest BCUT2D eigenvalue weighted by Gasteiger charge is 2.04. The number of nitrogens with one attached hydrogen (secondary N) is 1. The van der Waals surface area contributed by atoms with Crippen molar-refractivity contribution in [2.24, 2.45) is 0 Å². The van der Waals surface area contributed by atoms with Gasteiger partial charge in [-0.15, -0.1) is 11.8 Å². The standard InChI is InChI=1S/C8H11NO2S2/c1-12-8-6-4-3-5-7(8)9-13(2,10)11/h3-6,9H,1-2H3. The summed E-state index contributed by atoms with van der Waals surface area (Å²) in [5, 5.41) is 0. The fourth-order valence-electron chi connectivity index (χ4n) is 0.929. The minimum absolute atomic E-state index is 0.637. The van der Waals surface area contributed by atoms with Gasteiger partial charge in [0.1, 0.15) is 0 Å². The van der Waals surface area contributed by atoms with Crippen LogP contribution in [0.1, 0.15) is 0 Å². The van der Waals surface area contributed by atoms with Crippen LogP contribution in [0.3, 0.4) is 0 Å². The van der Waals surface area contributed by atoms with E-state index in [2.05, 4.69) is 4.72 Å².